The van der Waals surface area contributed by atoms with E-state index in [1.165, 1.54) is 12.0 Å². The van der Waals surface area contributed by atoms with Crippen molar-refractivity contribution in [3.63, 3.8) is 0 Å². The molecule has 3 aromatic rings. The molecule has 3 heterocycles. The SMILES string of the molecule is COc1ccc([C@H]2CC[C@H](C(=O)OC)CC2)cc1-c1ccc(N2CCC2)nc1CN1C(=O)O[C@H](c2cc(F)c(F)c(F)c2)[C@@H]1C. The predicted octanol–water partition coefficient (Wildman–Crippen LogP) is 6.91. The number of esters is 1. The van der Waals surface area contributed by atoms with E-state index in [2.05, 4.69) is 17.0 Å². The van der Waals surface area contributed by atoms with Gasteiger partial charge in [-0.2, -0.15) is 0 Å². The van der Waals surface area contributed by atoms with E-state index < -0.39 is 35.7 Å². The number of pyridine rings is 1. The Bertz CT molecular complexity index is 1580. The third-order valence-corrected chi connectivity index (χ3v) is 9.43. The summed E-state index contributed by atoms with van der Waals surface area (Å²) in [6.45, 7) is 3.55. The highest BCUT2D eigenvalue weighted by Gasteiger charge is 2.41. The van der Waals surface area contributed by atoms with Gasteiger partial charge in [-0.05, 0) is 86.9 Å². The monoisotopic (exact) mass is 623 g/mol. The average Bonchev–Trinajstić information content (AvgIpc) is 3.30. The van der Waals surface area contributed by atoms with E-state index in [0.29, 0.717) is 11.4 Å². The van der Waals surface area contributed by atoms with Crippen LogP contribution in [0.2, 0.25) is 0 Å². The number of hydrogen-bond acceptors (Lipinski definition) is 7. The standard InChI is InChI=1S/C34H36F3N3O5/c1-19-32(23-16-26(35)31(37)27(36)17-23)45-34(42)40(19)18-28-24(10-12-30(38-28)39-13-4-14-39)25-15-22(9-11-29(25)43-2)20-5-7-21(8-6-20)33(41)44-3/h9-12,15-17,19-21,32H,4-8,13-14,18H2,1-3H3/t19-,20-,21-,32-/m0/s1. The van der Waals surface area contributed by atoms with Gasteiger partial charge in [-0.3, -0.25) is 9.69 Å². The average molecular weight is 624 g/mol. The molecule has 2 aliphatic heterocycles. The zero-order valence-electron chi connectivity index (χ0n) is 25.5. The summed E-state index contributed by atoms with van der Waals surface area (Å²) in [5, 5.41) is 0. The molecule has 2 atom stereocenters. The first-order chi connectivity index (χ1) is 21.7. The van der Waals surface area contributed by atoms with Gasteiger partial charge < -0.3 is 19.1 Å². The molecule has 8 nitrogen and oxygen atoms in total. The second kappa shape index (κ2) is 12.6. The molecule has 1 amide bonds. The minimum Gasteiger partial charge on any atom is -0.496 e. The summed E-state index contributed by atoms with van der Waals surface area (Å²) in [6, 6.07) is 11.1. The Morgan fingerprint density at radius 1 is 0.956 bits per heavy atom. The fourth-order valence-corrected chi connectivity index (χ4v) is 6.66. The van der Waals surface area contributed by atoms with Gasteiger partial charge in [-0.25, -0.2) is 22.9 Å². The van der Waals surface area contributed by atoms with E-state index in [1.807, 2.05) is 18.2 Å². The van der Waals surface area contributed by atoms with E-state index in [0.717, 1.165) is 79.8 Å². The number of aromatic nitrogens is 1. The fraction of sp³-hybridized carbons (Fsp3) is 0.441. The van der Waals surface area contributed by atoms with Crippen LogP contribution >= 0.6 is 0 Å². The molecule has 6 rings (SSSR count). The molecule has 3 aliphatic rings. The number of cyclic esters (lactones) is 1. The molecule has 0 radical (unpaired) electrons. The first-order valence-electron chi connectivity index (χ1n) is 15.3. The molecule has 3 fully saturated rings. The number of amides is 1. The molecule has 45 heavy (non-hydrogen) atoms. The van der Waals surface area contributed by atoms with Crippen LogP contribution in [0, 0.1) is 23.4 Å². The largest absolute Gasteiger partial charge is 0.496 e. The fourth-order valence-electron chi connectivity index (χ4n) is 6.66. The molecular formula is C34H36F3N3O5. The van der Waals surface area contributed by atoms with E-state index in [-0.39, 0.29) is 29.9 Å². The van der Waals surface area contributed by atoms with Gasteiger partial charge in [0.1, 0.15) is 17.7 Å². The number of halogens is 3. The van der Waals surface area contributed by atoms with Crippen molar-refractivity contribution in [3.8, 4) is 16.9 Å². The summed E-state index contributed by atoms with van der Waals surface area (Å²) >= 11 is 0. The molecule has 1 aliphatic carbocycles. The zero-order valence-corrected chi connectivity index (χ0v) is 25.5. The molecule has 0 unspecified atom stereocenters. The van der Waals surface area contributed by atoms with Crippen LogP contribution in [0.1, 0.15) is 67.9 Å². The number of nitrogens with zero attached hydrogens (tertiary/aromatic N) is 3. The number of carbonyl (C=O) groups is 2. The maximum Gasteiger partial charge on any atom is 0.411 e. The third kappa shape index (κ3) is 5.92. The lowest BCUT2D eigenvalue weighted by Gasteiger charge is -2.33. The predicted molar refractivity (Wildman–Crippen MR) is 160 cm³/mol. The van der Waals surface area contributed by atoms with Crippen LogP contribution in [0.5, 0.6) is 5.75 Å². The van der Waals surface area contributed by atoms with Crippen molar-refractivity contribution in [1.29, 1.82) is 0 Å². The Labute approximate surface area is 260 Å². The summed E-state index contributed by atoms with van der Waals surface area (Å²) < 4.78 is 58.1. The zero-order chi connectivity index (χ0) is 31.8. The van der Waals surface area contributed by atoms with Crippen molar-refractivity contribution in [2.24, 2.45) is 5.92 Å². The van der Waals surface area contributed by atoms with Crippen molar-refractivity contribution in [2.45, 2.75) is 63.6 Å². The second-order valence-corrected chi connectivity index (χ2v) is 12.0. The number of hydrogen-bond donors (Lipinski definition) is 0. The van der Waals surface area contributed by atoms with Crippen molar-refractivity contribution >= 4 is 17.9 Å². The molecule has 1 aromatic heterocycles. The summed E-state index contributed by atoms with van der Waals surface area (Å²) in [4.78, 5) is 33.9. The number of benzene rings is 2. The maximum atomic E-state index is 14.1. The first-order valence-corrected chi connectivity index (χ1v) is 15.3. The van der Waals surface area contributed by atoms with Crippen molar-refractivity contribution < 1.29 is 37.0 Å². The molecule has 2 saturated heterocycles. The summed E-state index contributed by atoms with van der Waals surface area (Å²) in [5.41, 5.74) is 3.38. The van der Waals surface area contributed by atoms with Crippen LogP contribution in [-0.4, -0.2) is 55.3 Å². The maximum absolute atomic E-state index is 14.1. The number of ether oxygens (including phenoxy) is 3. The minimum atomic E-state index is -1.57. The Morgan fingerprint density at radius 3 is 2.29 bits per heavy atom. The molecule has 0 bridgehead atoms. The molecule has 1 saturated carbocycles. The van der Waals surface area contributed by atoms with Crippen LogP contribution in [0.4, 0.5) is 23.8 Å². The lowest BCUT2D eigenvalue weighted by atomic mass is 9.78. The summed E-state index contributed by atoms with van der Waals surface area (Å²) in [7, 11) is 3.03. The van der Waals surface area contributed by atoms with Gasteiger partial charge in [-0.15, -0.1) is 0 Å². The van der Waals surface area contributed by atoms with E-state index >= 15 is 0 Å². The minimum absolute atomic E-state index is 0.0357. The lowest BCUT2D eigenvalue weighted by Crippen LogP contribution is -2.38. The normalized spacial score (nSPS) is 23.0. The van der Waals surface area contributed by atoms with Crippen LogP contribution in [-0.2, 0) is 20.8 Å². The van der Waals surface area contributed by atoms with Crippen LogP contribution in [0.3, 0.4) is 0 Å². The van der Waals surface area contributed by atoms with Crippen LogP contribution < -0.4 is 9.64 Å². The van der Waals surface area contributed by atoms with Crippen molar-refractivity contribution in [2.75, 3.05) is 32.2 Å². The van der Waals surface area contributed by atoms with E-state index in [1.54, 1.807) is 14.0 Å². The van der Waals surface area contributed by atoms with Crippen molar-refractivity contribution in [3.05, 3.63) is 76.7 Å². The van der Waals surface area contributed by atoms with Crippen LogP contribution in [0.25, 0.3) is 11.1 Å². The first kappa shape index (κ1) is 30.7. The Balaban J connectivity index is 1.33. The number of methoxy groups -OCH3 is 2. The highest BCUT2D eigenvalue weighted by Crippen LogP contribution is 2.42. The summed E-state index contributed by atoms with van der Waals surface area (Å²) in [5.74, 6) is -2.80. The molecular weight excluding hydrogens is 587 g/mol. The number of carbonyl (C=O) groups excluding carboxylic acids is 2. The summed E-state index contributed by atoms with van der Waals surface area (Å²) in [6.07, 6.45) is 2.63. The van der Waals surface area contributed by atoms with Gasteiger partial charge in [0.05, 0.1) is 38.4 Å². The lowest BCUT2D eigenvalue weighted by molar-refractivity contribution is -0.146. The Hall–Kier alpha value is -4.28. The number of rotatable bonds is 8. The third-order valence-electron chi connectivity index (χ3n) is 9.43. The molecule has 11 heteroatoms. The highest BCUT2D eigenvalue weighted by atomic mass is 19.2. The molecule has 0 spiro atoms. The highest BCUT2D eigenvalue weighted by molar-refractivity contribution is 5.76. The van der Waals surface area contributed by atoms with Crippen molar-refractivity contribution in [1.82, 2.24) is 9.88 Å². The van der Waals surface area contributed by atoms with Gasteiger partial charge in [0, 0.05) is 29.8 Å². The second-order valence-electron chi connectivity index (χ2n) is 12.0. The molecule has 238 valence electrons. The van der Waals surface area contributed by atoms with Gasteiger partial charge >= 0.3 is 12.1 Å². The topological polar surface area (TPSA) is 81.2 Å². The molecule has 2 aromatic carbocycles. The van der Waals surface area contributed by atoms with Crippen LogP contribution in [0.15, 0.2) is 42.5 Å². The van der Waals surface area contributed by atoms with Gasteiger partial charge in [0.2, 0.25) is 0 Å². The van der Waals surface area contributed by atoms with Gasteiger partial charge in [0.15, 0.2) is 17.5 Å². The Morgan fingerprint density at radius 2 is 1.67 bits per heavy atom. The molecule has 0 N–H and O–H groups in total. The number of anilines is 1. The van der Waals surface area contributed by atoms with E-state index in [9.17, 15) is 22.8 Å². The van der Waals surface area contributed by atoms with Gasteiger partial charge in [-0.1, -0.05) is 6.07 Å². The Kier molecular flexibility index (Phi) is 8.61. The van der Waals surface area contributed by atoms with E-state index in [4.69, 9.17) is 19.2 Å². The smallest absolute Gasteiger partial charge is 0.411 e. The quantitative estimate of drug-likeness (QED) is 0.199. The van der Waals surface area contributed by atoms with Gasteiger partial charge in [0.25, 0.3) is 0 Å².